The van der Waals surface area contributed by atoms with Gasteiger partial charge in [0.25, 0.3) is 0 Å². The summed E-state index contributed by atoms with van der Waals surface area (Å²) in [6, 6.07) is 0. The highest BCUT2D eigenvalue weighted by atomic mass is 28.3. The second-order valence-corrected chi connectivity index (χ2v) is 6.21. The molecule has 0 aliphatic carbocycles. The predicted molar refractivity (Wildman–Crippen MR) is 50.5 cm³/mol. The zero-order chi connectivity index (χ0) is 8.23. The SMILES string of the molecule is C1CCC2CCCCO[SiH]2OC1. The van der Waals surface area contributed by atoms with E-state index in [4.69, 9.17) is 8.85 Å². The molecule has 0 atom stereocenters. The fourth-order valence-corrected chi connectivity index (χ4v) is 4.61. The van der Waals surface area contributed by atoms with Crippen molar-refractivity contribution >= 4 is 9.28 Å². The van der Waals surface area contributed by atoms with E-state index in [-0.39, 0.29) is 0 Å². The minimum Gasteiger partial charge on any atom is -0.396 e. The molecule has 0 amide bonds. The highest BCUT2D eigenvalue weighted by Gasteiger charge is 2.29. The summed E-state index contributed by atoms with van der Waals surface area (Å²) < 4.78 is 11.6. The first-order valence-electron chi connectivity index (χ1n) is 5.20. The van der Waals surface area contributed by atoms with Crippen molar-refractivity contribution in [2.75, 3.05) is 13.2 Å². The summed E-state index contributed by atoms with van der Waals surface area (Å²) in [4.78, 5) is 0. The molecule has 0 radical (unpaired) electrons. The molecule has 0 spiro atoms. The van der Waals surface area contributed by atoms with Crippen LogP contribution >= 0.6 is 0 Å². The Hall–Kier alpha value is 0.137. The second-order valence-electron chi connectivity index (χ2n) is 3.86. The van der Waals surface area contributed by atoms with E-state index < -0.39 is 9.28 Å². The van der Waals surface area contributed by atoms with Crippen LogP contribution in [0.3, 0.4) is 0 Å². The van der Waals surface area contributed by atoms with Gasteiger partial charge in [-0.15, -0.1) is 0 Å². The summed E-state index contributed by atoms with van der Waals surface area (Å²) in [7, 11) is -1.22. The van der Waals surface area contributed by atoms with E-state index in [1.165, 1.54) is 38.5 Å². The first kappa shape index (κ1) is 8.72. The average molecular weight is 186 g/mol. The Bertz CT molecular complexity index is 112. The van der Waals surface area contributed by atoms with Gasteiger partial charge in [-0.2, -0.15) is 0 Å². The lowest BCUT2D eigenvalue weighted by molar-refractivity contribution is 0.201. The van der Waals surface area contributed by atoms with Crippen LogP contribution < -0.4 is 0 Å². The Kier molecular flexibility index (Phi) is 3.19. The molecular formula is C9H18O2Si. The van der Waals surface area contributed by atoms with Gasteiger partial charge in [0.2, 0.25) is 0 Å². The molecule has 2 aliphatic rings. The third-order valence-corrected chi connectivity index (χ3v) is 5.45. The zero-order valence-corrected chi connectivity index (χ0v) is 8.78. The van der Waals surface area contributed by atoms with Crippen LogP contribution in [0.5, 0.6) is 0 Å². The normalized spacial score (nSPS) is 38.0. The first-order valence-corrected chi connectivity index (χ1v) is 6.81. The number of hydrogen-bond acceptors (Lipinski definition) is 2. The Morgan fingerprint density at radius 1 is 0.833 bits per heavy atom. The third kappa shape index (κ3) is 2.09. The first-order chi connectivity index (χ1) is 5.97. The molecule has 2 rings (SSSR count). The maximum Gasteiger partial charge on any atom is 0.324 e. The van der Waals surface area contributed by atoms with E-state index in [1.54, 1.807) is 0 Å². The Balaban J connectivity index is 1.94. The second kappa shape index (κ2) is 4.39. The minimum atomic E-state index is -1.22. The molecule has 0 aromatic heterocycles. The quantitative estimate of drug-likeness (QED) is 0.539. The highest BCUT2D eigenvalue weighted by Crippen LogP contribution is 2.31. The van der Waals surface area contributed by atoms with E-state index >= 15 is 0 Å². The van der Waals surface area contributed by atoms with Crippen molar-refractivity contribution in [3.05, 3.63) is 0 Å². The Morgan fingerprint density at radius 2 is 1.42 bits per heavy atom. The molecule has 0 aromatic carbocycles. The number of rotatable bonds is 0. The average Bonchev–Trinajstić information content (AvgIpc) is 2.38. The molecule has 3 heteroatoms. The van der Waals surface area contributed by atoms with Crippen LogP contribution in [0, 0.1) is 0 Å². The molecule has 70 valence electrons. The summed E-state index contributed by atoms with van der Waals surface area (Å²) in [5.74, 6) is 0. The van der Waals surface area contributed by atoms with Crippen LogP contribution in [0.2, 0.25) is 5.54 Å². The topological polar surface area (TPSA) is 18.5 Å². The van der Waals surface area contributed by atoms with Crippen LogP contribution in [0.1, 0.15) is 38.5 Å². The fraction of sp³-hybridized carbons (Fsp3) is 1.00. The lowest BCUT2D eigenvalue weighted by Gasteiger charge is -2.19. The van der Waals surface area contributed by atoms with Crippen LogP contribution in [0.15, 0.2) is 0 Å². The molecule has 2 aliphatic heterocycles. The van der Waals surface area contributed by atoms with Crippen molar-refractivity contribution in [1.82, 2.24) is 0 Å². The van der Waals surface area contributed by atoms with E-state index in [0.717, 1.165) is 18.8 Å². The van der Waals surface area contributed by atoms with Gasteiger partial charge in [0, 0.05) is 13.2 Å². The summed E-state index contributed by atoms with van der Waals surface area (Å²) in [6.07, 6.45) is 7.97. The van der Waals surface area contributed by atoms with E-state index in [9.17, 15) is 0 Å². The standard InChI is InChI=1S/C9H18O2Si/c1-3-7-10-12-9(5-1)6-2-4-8-11-12/h9,12H,1-8H2. The summed E-state index contributed by atoms with van der Waals surface area (Å²) in [6.45, 7) is 1.93. The molecule has 0 N–H and O–H groups in total. The molecule has 2 heterocycles. The summed E-state index contributed by atoms with van der Waals surface area (Å²) >= 11 is 0. The summed E-state index contributed by atoms with van der Waals surface area (Å²) in [5.41, 5.74) is 0.829. The maximum atomic E-state index is 5.80. The van der Waals surface area contributed by atoms with Crippen molar-refractivity contribution in [3.63, 3.8) is 0 Å². The van der Waals surface area contributed by atoms with Crippen molar-refractivity contribution in [3.8, 4) is 0 Å². The Labute approximate surface area is 76.1 Å². The smallest absolute Gasteiger partial charge is 0.324 e. The van der Waals surface area contributed by atoms with Crippen LogP contribution in [0.4, 0.5) is 0 Å². The monoisotopic (exact) mass is 186 g/mol. The van der Waals surface area contributed by atoms with Crippen LogP contribution in [-0.4, -0.2) is 22.5 Å². The molecule has 2 nitrogen and oxygen atoms in total. The van der Waals surface area contributed by atoms with Gasteiger partial charge >= 0.3 is 9.28 Å². The van der Waals surface area contributed by atoms with Gasteiger partial charge in [-0.25, -0.2) is 0 Å². The van der Waals surface area contributed by atoms with E-state index in [1.807, 2.05) is 0 Å². The highest BCUT2D eigenvalue weighted by molar-refractivity contribution is 6.46. The van der Waals surface area contributed by atoms with Gasteiger partial charge in [0.05, 0.1) is 0 Å². The molecule has 0 unspecified atom stereocenters. The van der Waals surface area contributed by atoms with Crippen LogP contribution in [0.25, 0.3) is 0 Å². The van der Waals surface area contributed by atoms with Gasteiger partial charge in [0.15, 0.2) is 0 Å². The van der Waals surface area contributed by atoms with Crippen molar-refractivity contribution in [2.45, 2.75) is 44.1 Å². The molecule has 0 saturated carbocycles. The van der Waals surface area contributed by atoms with E-state index in [0.29, 0.717) is 0 Å². The number of hydrogen-bond donors (Lipinski definition) is 0. The summed E-state index contributed by atoms with van der Waals surface area (Å²) in [5, 5.41) is 0. The van der Waals surface area contributed by atoms with Crippen molar-refractivity contribution < 1.29 is 8.85 Å². The molecule has 12 heavy (non-hydrogen) atoms. The van der Waals surface area contributed by atoms with Crippen molar-refractivity contribution in [1.29, 1.82) is 0 Å². The van der Waals surface area contributed by atoms with E-state index in [2.05, 4.69) is 0 Å². The lowest BCUT2D eigenvalue weighted by Crippen LogP contribution is -2.26. The molecule has 2 saturated heterocycles. The zero-order valence-electron chi connectivity index (χ0n) is 7.63. The van der Waals surface area contributed by atoms with Gasteiger partial charge in [0.1, 0.15) is 0 Å². The van der Waals surface area contributed by atoms with Crippen molar-refractivity contribution in [2.24, 2.45) is 0 Å². The predicted octanol–water partition coefficient (Wildman–Crippen LogP) is 1.98. The fourth-order valence-electron chi connectivity index (χ4n) is 2.15. The van der Waals surface area contributed by atoms with Gasteiger partial charge in [-0.05, 0) is 31.2 Å². The van der Waals surface area contributed by atoms with Gasteiger partial charge in [-0.3, -0.25) is 0 Å². The number of fused-ring (bicyclic) bond motifs is 1. The molecular weight excluding hydrogens is 168 g/mol. The lowest BCUT2D eigenvalue weighted by atomic mass is 10.1. The maximum absolute atomic E-state index is 5.80. The Morgan fingerprint density at radius 3 is 2.00 bits per heavy atom. The largest absolute Gasteiger partial charge is 0.396 e. The minimum absolute atomic E-state index is 0.829. The van der Waals surface area contributed by atoms with Crippen LogP contribution in [-0.2, 0) is 8.85 Å². The van der Waals surface area contributed by atoms with Gasteiger partial charge in [-0.1, -0.05) is 12.8 Å². The van der Waals surface area contributed by atoms with Gasteiger partial charge < -0.3 is 8.85 Å². The third-order valence-electron chi connectivity index (χ3n) is 2.89. The molecule has 0 aromatic rings. The molecule has 2 fully saturated rings. The molecule has 0 bridgehead atoms.